The van der Waals surface area contributed by atoms with E-state index in [0.717, 1.165) is 19.3 Å². The molecular formula is C6H14O4S. The highest BCUT2D eigenvalue weighted by Crippen LogP contribution is 2.05. The third-order valence-corrected chi connectivity index (χ3v) is 2.23. The van der Waals surface area contributed by atoms with Gasteiger partial charge >= 0.3 is 0 Å². The summed E-state index contributed by atoms with van der Waals surface area (Å²) >= 11 is 0. The Labute approximate surface area is 68.1 Å². The molecule has 1 atom stereocenters. The highest BCUT2D eigenvalue weighted by atomic mass is 32.2. The number of rotatable bonds is 6. The van der Waals surface area contributed by atoms with Crippen LogP contribution in [0.25, 0.3) is 0 Å². The number of thiol groups is 1. The van der Waals surface area contributed by atoms with Crippen LogP contribution in [0.5, 0.6) is 0 Å². The van der Waals surface area contributed by atoms with E-state index in [2.05, 4.69) is 4.89 Å². The van der Waals surface area contributed by atoms with Crippen LogP contribution in [0.15, 0.2) is 0 Å². The average molecular weight is 182 g/mol. The topological polar surface area (TPSA) is 63.6 Å². The molecule has 0 bridgehead atoms. The number of unbranched alkanes of at least 4 members (excludes halogenated alkanes) is 2. The van der Waals surface area contributed by atoms with Crippen LogP contribution in [-0.2, 0) is 15.6 Å². The van der Waals surface area contributed by atoms with E-state index in [-0.39, 0.29) is 0 Å². The van der Waals surface area contributed by atoms with Crippen molar-refractivity contribution in [2.75, 3.05) is 0 Å². The van der Waals surface area contributed by atoms with Crippen molar-refractivity contribution in [3.63, 3.8) is 0 Å². The molecule has 0 aromatic heterocycles. The van der Waals surface area contributed by atoms with E-state index in [4.69, 9.17) is 5.26 Å². The van der Waals surface area contributed by atoms with Crippen LogP contribution in [0.1, 0.15) is 32.6 Å². The molecule has 4 nitrogen and oxygen atoms in total. The molecule has 0 rings (SSSR count). The zero-order valence-electron chi connectivity index (χ0n) is 6.52. The largest absolute Gasteiger partial charge is 0.251 e. The second-order valence-electron chi connectivity index (χ2n) is 2.34. The average Bonchev–Trinajstić information content (AvgIpc) is 1.97. The maximum Gasteiger partial charge on any atom is 0.191 e. The van der Waals surface area contributed by atoms with Crippen LogP contribution in [-0.4, -0.2) is 19.1 Å². The first kappa shape index (κ1) is 10.9. The van der Waals surface area contributed by atoms with Gasteiger partial charge in [-0.05, 0) is 12.8 Å². The van der Waals surface area contributed by atoms with E-state index in [0.29, 0.717) is 6.42 Å². The highest BCUT2D eigenvalue weighted by Gasteiger charge is 2.10. The molecule has 0 heterocycles. The van der Waals surface area contributed by atoms with Gasteiger partial charge < -0.3 is 0 Å². The number of hydrogen-bond acceptors (Lipinski definition) is 4. The molecule has 0 aromatic carbocycles. The van der Waals surface area contributed by atoms with Crippen molar-refractivity contribution in [1.82, 2.24) is 0 Å². The minimum atomic E-state index is -2.65. The lowest BCUT2D eigenvalue weighted by Crippen LogP contribution is -2.12. The Bertz CT molecular complexity index is 147. The maximum atomic E-state index is 10.3. The summed E-state index contributed by atoms with van der Waals surface area (Å²) in [6.45, 7) is 2.02. The first-order valence-electron chi connectivity index (χ1n) is 3.66. The van der Waals surface area contributed by atoms with Crippen LogP contribution in [0.2, 0.25) is 0 Å². The Hall–Kier alpha value is -0.130. The summed E-state index contributed by atoms with van der Waals surface area (Å²) in [5.41, 5.74) is -1.02. The standard InChI is InChI=1S/C6H14O4S/c1-2-3-4-5-6(10-7)11(8)9/h6-7,11H,2-5H2,1H3. The Morgan fingerprint density at radius 3 is 2.45 bits per heavy atom. The van der Waals surface area contributed by atoms with Gasteiger partial charge in [-0.25, -0.2) is 13.3 Å². The molecule has 1 unspecified atom stereocenters. The lowest BCUT2D eigenvalue weighted by Gasteiger charge is -2.04. The molecule has 0 aromatic rings. The fraction of sp³-hybridized carbons (Fsp3) is 1.00. The van der Waals surface area contributed by atoms with Gasteiger partial charge in [-0.1, -0.05) is 19.8 Å². The van der Waals surface area contributed by atoms with Crippen molar-refractivity contribution in [3.8, 4) is 0 Å². The molecule has 1 N–H and O–H groups in total. The highest BCUT2D eigenvalue weighted by molar-refractivity contribution is 7.72. The summed E-state index contributed by atoms with van der Waals surface area (Å²) in [5.74, 6) is 0. The van der Waals surface area contributed by atoms with Gasteiger partial charge in [0.05, 0.1) is 0 Å². The van der Waals surface area contributed by atoms with E-state index in [1.54, 1.807) is 0 Å². The molecule has 0 aliphatic heterocycles. The molecule has 0 spiro atoms. The second-order valence-corrected chi connectivity index (χ2v) is 3.49. The third kappa shape index (κ3) is 5.17. The molecule has 0 amide bonds. The van der Waals surface area contributed by atoms with Gasteiger partial charge in [-0.15, -0.1) is 0 Å². The van der Waals surface area contributed by atoms with E-state index < -0.39 is 16.1 Å². The van der Waals surface area contributed by atoms with Gasteiger partial charge in [0, 0.05) is 0 Å². The molecule has 0 saturated carbocycles. The molecule has 0 fully saturated rings. The summed E-state index contributed by atoms with van der Waals surface area (Å²) in [6, 6.07) is 0. The first-order valence-corrected chi connectivity index (χ1v) is 4.90. The Morgan fingerprint density at radius 1 is 1.45 bits per heavy atom. The maximum absolute atomic E-state index is 10.3. The second kappa shape index (κ2) is 6.57. The lowest BCUT2D eigenvalue weighted by atomic mass is 10.2. The molecule has 5 heteroatoms. The summed E-state index contributed by atoms with van der Waals surface area (Å²) in [6.07, 6.45) is 3.13. The predicted octanol–water partition coefficient (Wildman–Crippen LogP) is 0.994. The first-order chi connectivity index (χ1) is 5.22. The quantitative estimate of drug-likeness (QED) is 0.278. The van der Waals surface area contributed by atoms with Crippen molar-refractivity contribution in [3.05, 3.63) is 0 Å². The molecular weight excluding hydrogens is 168 g/mol. The Morgan fingerprint density at radius 2 is 2.09 bits per heavy atom. The molecule has 0 saturated heterocycles. The molecule has 68 valence electrons. The van der Waals surface area contributed by atoms with E-state index in [1.807, 2.05) is 6.92 Å². The van der Waals surface area contributed by atoms with Crippen LogP contribution in [0.3, 0.4) is 0 Å². The van der Waals surface area contributed by atoms with Crippen LogP contribution >= 0.6 is 0 Å². The van der Waals surface area contributed by atoms with E-state index in [9.17, 15) is 8.42 Å². The van der Waals surface area contributed by atoms with Gasteiger partial charge in [0.25, 0.3) is 0 Å². The monoisotopic (exact) mass is 182 g/mol. The van der Waals surface area contributed by atoms with E-state index in [1.165, 1.54) is 0 Å². The zero-order chi connectivity index (χ0) is 8.69. The van der Waals surface area contributed by atoms with Crippen LogP contribution in [0.4, 0.5) is 0 Å². The van der Waals surface area contributed by atoms with Crippen LogP contribution in [0, 0.1) is 0 Å². The van der Waals surface area contributed by atoms with Gasteiger partial charge in [-0.2, -0.15) is 0 Å². The third-order valence-electron chi connectivity index (χ3n) is 1.41. The number of hydrogen-bond donors (Lipinski definition) is 2. The minimum Gasteiger partial charge on any atom is -0.251 e. The normalized spacial score (nSPS) is 13.7. The minimum absolute atomic E-state index is 0.378. The smallest absolute Gasteiger partial charge is 0.191 e. The van der Waals surface area contributed by atoms with Crippen molar-refractivity contribution in [2.24, 2.45) is 0 Å². The van der Waals surface area contributed by atoms with Crippen molar-refractivity contribution in [1.29, 1.82) is 0 Å². The fourth-order valence-electron chi connectivity index (χ4n) is 0.766. The van der Waals surface area contributed by atoms with Crippen molar-refractivity contribution < 1.29 is 18.6 Å². The molecule has 0 radical (unpaired) electrons. The Kier molecular flexibility index (Phi) is 6.49. The lowest BCUT2D eigenvalue weighted by molar-refractivity contribution is -0.256. The predicted molar refractivity (Wildman–Crippen MR) is 42.0 cm³/mol. The van der Waals surface area contributed by atoms with Crippen molar-refractivity contribution in [2.45, 2.75) is 38.0 Å². The Balaban J connectivity index is 3.53. The summed E-state index contributed by atoms with van der Waals surface area (Å²) in [4.78, 5) is 3.76. The van der Waals surface area contributed by atoms with Gasteiger partial charge in [0.2, 0.25) is 0 Å². The van der Waals surface area contributed by atoms with Crippen molar-refractivity contribution >= 4 is 10.7 Å². The fourth-order valence-corrected chi connectivity index (χ4v) is 1.24. The molecule has 11 heavy (non-hydrogen) atoms. The summed E-state index contributed by atoms with van der Waals surface area (Å²) in [7, 11) is -2.65. The van der Waals surface area contributed by atoms with Crippen LogP contribution < -0.4 is 0 Å². The van der Waals surface area contributed by atoms with Gasteiger partial charge in [0.1, 0.15) is 0 Å². The summed E-state index contributed by atoms with van der Waals surface area (Å²) < 4.78 is 20.6. The SMILES string of the molecule is CCCCCC(OO)[SH](=O)=O. The molecule has 0 aliphatic rings. The van der Waals surface area contributed by atoms with E-state index >= 15 is 0 Å². The zero-order valence-corrected chi connectivity index (χ0v) is 7.42. The van der Waals surface area contributed by atoms with Gasteiger partial charge in [-0.3, -0.25) is 5.26 Å². The van der Waals surface area contributed by atoms with Gasteiger partial charge in [0.15, 0.2) is 16.1 Å². The summed E-state index contributed by atoms with van der Waals surface area (Å²) in [5, 5.41) is 8.11. The molecule has 0 aliphatic carbocycles.